The lowest BCUT2D eigenvalue weighted by Gasteiger charge is -2.09. The molecular formula is C17H19FN2O2. The Morgan fingerprint density at radius 3 is 2.68 bits per heavy atom. The summed E-state index contributed by atoms with van der Waals surface area (Å²) in [6.45, 7) is 4.65. The third-order valence-electron chi connectivity index (χ3n) is 3.25. The van der Waals surface area contributed by atoms with Crippen LogP contribution < -0.4 is 5.32 Å². The molecule has 0 atom stereocenters. The maximum Gasteiger partial charge on any atom is 0.310 e. The van der Waals surface area contributed by atoms with Gasteiger partial charge in [-0.15, -0.1) is 0 Å². The first kappa shape index (κ1) is 15.9. The van der Waals surface area contributed by atoms with Gasteiger partial charge in [-0.2, -0.15) is 0 Å². The molecule has 1 aromatic carbocycles. The summed E-state index contributed by atoms with van der Waals surface area (Å²) in [6, 6.07) is 8.20. The molecule has 0 bridgehead atoms. The highest BCUT2D eigenvalue weighted by Gasteiger charge is 2.08. The highest BCUT2D eigenvalue weighted by Crippen LogP contribution is 2.14. The van der Waals surface area contributed by atoms with Crippen LogP contribution in [0.4, 0.5) is 10.2 Å². The number of aryl methyl sites for hydroxylation is 1. The van der Waals surface area contributed by atoms with Crippen molar-refractivity contribution in [3.63, 3.8) is 0 Å². The van der Waals surface area contributed by atoms with E-state index in [1.807, 2.05) is 13.0 Å². The number of esters is 1. The molecule has 0 aliphatic rings. The molecule has 2 rings (SSSR count). The minimum atomic E-state index is -0.251. The van der Waals surface area contributed by atoms with Crippen molar-refractivity contribution in [2.24, 2.45) is 0 Å². The Hall–Kier alpha value is -2.43. The Morgan fingerprint density at radius 1 is 1.32 bits per heavy atom. The van der Waals surface area contributed by atoms with E-state index in [2.05, 4.69) is 10.3 Å². The molecule has 0 aliphatic carbocycles. The second kappa shape index (κ2) is 7.54. The molecule has 0 amide bonds. The molecule has 22 heavy (non-hydrogen) atoms. The molecule has 5 heteroatoms. The Balaban J connectivity index is 1.97. The number of pyridine rings is 1. The smallest absolute Gasteiger partial charge is 0.310 e. The number of rotatable bonds is 6. The van der Waals surface area contributed by atoms with Gasteiger partial charge in [0.1, 0.15) is 11.6 Å². The van der Waals surface area contributed by atoms with Gasteiger partial charge in [-0.05, 0) is 48.7 Å². The number of carbonyl (C=O) groups is 1. The van der Waals surface area contributed by atoms with Crippen LogP contribution in [0.5, 0.6) is 0 Å². The Kier molecular flexibility index (Phi) is 5.47. The monoisotopic (exact) mass is 302 g/mol. The minimum Gasteiger partial charge on any atom is -0.466 e. The van der Waals surface area contributed by atoms with Crippen LogP contribution in [0.15, 0.2) is 36.5 Å². The number of nitrogens with zero attached hydrogens (tertiary/aromatic N) is 1. The second-order valence-corrected chi connectivity index (χ2v) is 4.96. The van der Waals surface area contributed by atoms with E-state index in [1.54, 1.807) is 25.3 Å². The van der Waals surface area contributed by atoms with Crippen LogP contribution >= 0.6 is 0 Å². The summed E-state index contributed by atoms with van der Waals surface area (Å²) in [5, 5.41) is 3.18. The first-order valence-corrected chi connectivity index (χ1v) is 7.18. The van der Waals surface area contributed by atoms with Crippen LogP contribution in [0, 0.1) is 12.7 Å². The van der Waals surface area contributed by atoms with E-state index in [0.717, 1.165) is 22.5 Å². The van der Waals surface area contributed by atoms with Gasteiger partial charge in [0.25, 0.3) is 0 Å². The SMILES string of the molecule is CCOC(=O)Cc1cnc(NCc2ccc(F)cc2)cc1C. The average molecular weight is 302 g/mol. The van der Waals surface area contributed by atoms with Crippen molar-refractivity contribution in [2.45, 2.75) is 26.8 Å². The lowest BCUT2D eigenvalue weighted by atomic mass is 10.1. The molecule has 0 fully saturated rings. The quantitative estimate of drug-likeness (QED) is 0.832. The summed E-state index contributed by atoms with van der Waals surface area (Å²) in [5.41, 5.74) is 2.80. The number of aromatic nitrogens is 1. The molecule has 0 saturated heterocycles. The summed E-state index contributed by atoms with van der Waals surface area (Å²) in [5.74, 6) is 0.217. The van der Waals surface area contributed by atoms with Crippen molar-refractivity contribution in [2.75, 3.05) is 11.9 Å². The largest absolute Gasteiger partial charge is 0.466 e. The Morgan fingerprint density at radius 2 is 2.05 bits per heavy atom. The molecule has 0 saturated carbocycles. The predicted octanol–water partition coefficient (Wildman–Crippen LogP) is 3.25. The zero-order valence-corrected chi connectivity index (χ0v) is 12.7. The number of nitrogens with one attached hydrogen (secondary N) is 1. The molecule has 1 heterocycles. The van der Waals surface area contributed by atoms with Crippen molar-refractivity contribution in [1.29, 1.82) is 0 Å². The van der Waals surface area contributed by atoms with Crippen LogP contribution in [0.3, 0.4) is 0 Å². The fraction of sp³-hybridized carbons (Fsp3) is 0.294. The van der Waals surface area contributed by atoms with Gasteiger partial charge in [-0.25, -0.2) is 9.37 Å². The van der Waals surface area contributed by atoms with Crippen LogP contribution in [0.2, 0.25) is 0 Å². The molecule has 0 spiro atoms. The topological polar surface area (TPSA) is 51.2 Å². The molecule has 0 aliphatic heterocycles. The summed E-state index contributed by atoms with van der Waals surface area (Å²) >= 11 is 0. The molecule has 4 nitrogen and oxygen atoms in total. The molecule has 1 aromatic heterocycles. The number of hydrogen-bond acceptors (Lipinski definition) is 4. The number of anilines is 1. The molecule has 1 N–H and O–H groups in total. The van der Waals surface area contributed by atoms with Crippen LogP contribution in [0.25, 0.3) is 0 Å². The van der Waals surface area contributed by atoms with E-state index in [9.17, 15) is 9.18 Å². The molecule has 116 valence electrons. The summed E-state index contributed by atoms with van der Waals surface area (Å²) in [7, 11) is 0. The summed E-state index contributed by atoms with van der Waals surface area (Å²) in [4.78, 5) is 15.8. The van der Waals surface area contributed by atoms with E-state index in [0.29, 0.717) is 13.2 Å². The van der Waals surface area contributed by atoms with Gasteiger partial charge < -0.3 is 10.1 Å². The summed E-state index contributed by atoms with van der Waals surface area (Å²) < 4.78 is 17.8. The van der Waals surface area contributed by atoms with E-state index >= 15 is 0 Å². The van der Waals surface area contributed by atoms with Gasteiger partial charge in [-0.1, -0.05) is 12.1 Å². The molecule has 0 radical (unpaired) electrons. The Labute approximate surface area is 129 Å². The second-order valence-electron chi connectivity index (χ2n) is 4.96. The number of halogens is 1. The normalized spacial score (nSPS) is 10.3. The number of hydrogen-bond donors (Lipinski definition) is 1. The van der Waals surface area contributed by atoms with Gasteiger partial charge in [-0.3, -0.25) is 4.79 Å². The Bertz CT molecular complexity index is 642. The minimum absolute atomic E-state index is 0.227. The third-order valence-corrected chi connectivity index (χ3v) is 3.25. The fourth-order valence-electron chi connectivity index (χ4n) is 2.03. The van der Waals surface area contributed by atoms with Crippen molar-refractivity contribution in [3.05, 3.63) is 59.0 Å². The van der Waals surface area contributed by atoms with Gasteiger partial charge >= 0.3 is 5.97 Å². The molecule has 0 unspecified atom stereocenters. The fourth-order valence-corrected chi connectivity index (χ4v) is 2.03. The lowest BCUT2D eigenvalue weighted by molar-refractivity contribution is -0.142. The van der Waals surface area contributed by atoms with E-state index in [4.69, 9.17) is 4.74 Å². The van der Waals surface area contributed by atoms with Crippen LogP contribution in [0.1, 0.15) is 23.6 Å². The average Bonchev–Trinajstić information content (AvgIpc) is 2.49. The number of benzene rings is 1. The van der Waals surface area contributed by atoms with Gasteiger partial charge in [0.05, 0.1) is 13.0 Å². The maximum atomic E-state index is 12.8. The van der Waals surface area contributed by atoms with Crippen molar-refractivity contribution in [3.8, 4) is 0 Å². The van der Waals surface area contributed by atoms with E-state index < -0.39 is 0 Å². The van der Waals surface area contributed by atoms with Gasteiger partial charge in [0.15, 0.2) is 0 Å². The first-order chi connectivity index (χ1) is 10.6. The van der Waals surface area contributed by atoms with Crippen LogP contribution in [-0.2, 0) is 22.5 Å². The van der Waals surface area contributed by atoms with Crippen molar-refractivity contribution in [1.82, 2.24) is 4.98 Å². The third kappa shape index (κ3) is 4.55. The highest BCUT2D eigenvalue weighted by atomic mass is 19.1. The predicted molar refractivity (Wildman–Crippen MR) is 83.0 cm³/mol. The number of carbonyl (C=O) groups excluding carboxylic acids is 1. The molecule has 2 aromatic rings. The van der Waals surface area contributed by atoms with Crippen molar-refractivity contribution < 1.29 is 13.9 Å². The standard InChI is InChI=1S/C17H19FN2O2/c1-3-22-17(21)9-14-11-20-16(8-12(14)2)19-10-13-4-6-15(18)7-5-13/h4-8,11H,3,9-10H2,1-2H3,(H,19,20). The zero-order chi connectivity index (χ0) is 15.9. The van der Waals surface area contributed by atoms with Gasteiger partial charge in [0, 0.05) is 12.7 Å². The maximum absolute atomic E-state index is 12.8. The first-order valence-electron chi connectivity index (χ1n) is 7.18. The number of ether oxygens (including phenoxy) is 1. The van der Waals surface area contributed by atoms with E-state index in [-0.39, 0.29) is 18.2 Å². The highest BCUT2D eigenvalue weighted by molar-refractivity contribution is 5.73. The molecular weight excluding hydrogens is 283 g/mol. The van der Waals surface area contributed by atoms with Gasteiger partial charge in [0.2, 0.25) is 0 Å². The zero-order valence-electron chi connectivity index (χ0n) is 12.7. The van der Waals surface area contributed by atoms with Crippen molar-refractivity contribution >= 4 is 11.8 Å². The lowest BCUT2D eigenvalue weighted by Crippen LogP contribution is -2.09. The van der Waals surface area contributed by atoms with Crippen LogP contribution in [-0.4, -0.2) is 17.6 Å². The van der Waals surface area contributed by atoms with E-state index in [1.165, 1.54) is 12.1 Å². The summed E-state index contributed by atoms with van der Waals surface area (Å²) in [6.07, 6.45) is 1.91.